The lowest BCUT2D eigenvalue weighted by Crippen LogP contribution is -2.40. The second-order valence-corrected chi connectivity index (χ2v) is 15.8. The van der Waals surface area contributed by atoms with Crippen molar-refractivity contribution in [1.82, 2.24) is 20.5 Å². The summed E-state index contributed by atoms with van der Waals surface area (Å²) in [6, 6.07) is 37.1. The van der Waals surface area contributed by atoms with Crippen LogP contribution in [0.5, 0.6) is 17.2 Å². The number of hydrogen-bond donors (Lipinski definition) is 6. The molecule has 13 heteroatoms. The van der Waals surface area contributed by atoms with Gasteiger partial charge in [-0.2, -0.15) is 0 Å². The predicted molar refractivity (Wildman–Crippen MR) is 240 cm³/mol. The van der Waals surface area contributed by atoms with Gasteiger partial charge in [0.1, 0.15) is 17.2 Å². The molecule has 0 unspecified atom stereocenters. The molecule has 1 aromatic heterocycles. The van der Waals surface area contributed by atoms with E-state index in [9.17, 15) is 29.7 Å². The Labute approximate surface area is 366 Å². The molecule has 1 aliphatic heterocycles. The number of aromatic hydroxyl groups is 1. The van der Waals surface area contributed by atoms with Crippen molar-refractivity contribution in [1.29, 1.82) is 0 Å². The number of hydrogen-bond acceptors (Lipinski definition) is 11. The van der Waals surface area contributed by atoms with Crippen LogP contribution in [-0.4, -0.2) is 83.6 Å². The molecule has 5 aromatic carbocycles. The molecule has 6 N–H and O–H groups in total. The number of esters is 1. The minimum Gasteiger partial charge on any atom is -0.506 e. The average molecular weight is 855 g/mol. The highest BCUT2D eigenvalue weighted by molar-refractivity contribution is 5.94. The fourth-order valence-electron chi connectivity index (χ4n) is 7.94. The first kappa shape index (κ1) is 44.5. The molecule has 0 aliphatic carbocycles. The van der Waals surface area contributed by atoms with Crippen LogP contribution in [0, 0.1) is 5.92 Å². The Kier molecular flexibility index (Phi) is 14.9. The van der Waals surface area contributed by atoms with Gasteiger partial charge in [0.2, 0.25) is 11.2 Å². The van der Waals surface area contributed by atoms with Gasteiger partial charge in [0, 0.05) is 54.3 Å². The van der Waals surface area contributed by atoms with Gasteiger partial charge >= 0.3 is 5.97 Å². The van der Waals surface area contributed by atoms with Gasteiger partial charge < -0.3 is 45.1 Å². The molecule has 7 rings (SSSR count). The summed E-state index contributed by atoms with van der Waals surface area (Å²) < 4.78 is 17.5. The number of aromatic amines is 1. The summed E-state index contributed by atoms with van der Waals surface area (Å²) in [6.07, 6.45) is 1.35. The molecule has 13 nitrogen and oxygen atoms in total. The third-order valence-corrected chi connectivity index (χ3v) is 11.5. The number of ether oxygens (including phenoxy) is 3. The number of amides is 1. The van der Waals surface area contributed by atoms with Crippen molar-refractivity contribution < 1.29 is 39.1 Å². The largest absolute Gasteiger partial charge is 0.506 e. The Morgan fingerprint density at radius 2 is 1.63 bits per heavy atom. The number of likely N-dealkylation sites (tertiary alicyclic amines) is 1. The molecular formula is C50H54N4O9. The SMILES string of the molecule is COc1cc(C(=O)NCCCOc2cccc([C@](O)(C(=O)OCC3CCN(Cc4ccccc4)CC3)c3ccccc3)c2)ccc1CNC[C@H](O)c1ccc(O)c2[nH]c(=O)ccc12. The molecule has 1 aliphatic rings. The van der Waals surface area contributed by atoms with Gasteiger partial charge in [0.15, 0.2) is 0 Å². The van der Waals surface area contributed by atoms with Crippen LogP contribution in [0.15, 0.2) is 132 Å². The Morgan fingerprint density at radius 1 is 0.889 bits per heavy atom. The van der Waals surface area contributed by atoms with E-state index in [-0.39, 0.29) is 48.4 Å². The quantitative estimate of drug-likeness (QED) is 0.0418. The van der Waals surface area contributed by atoms with Gasteiger partial charge in [-0.1, -0.05) is 84.9 Å². The summed E-state index contributed by atoms with van der Waals surface area (Å²) in [5.41, 5.74) is 1.60. The van der Waals surface area contributed by atoms with Crippen molar-refractivity contribution in [3.63, 3.8) is 0 Å². The van der Waals surface area contributed by atoms with Gasteiger partial charge in [-0.25, -0.2) is 4.79 Å². The van der Waals surface area contributed by atoms with Crippen LogP contribution in [0.25, 0.3) is 10.9 Å². The predicted octanol–water partition coefficient (Wildman–Crippen LogP) is 5.96. The molecule has 1 saturated heterocycles. The number of carbonyl (C=O) groups excluding carboxylic acids is 2. The Morgan fingerprint density at radius 3 is 2.40 bits per heavy atom. The van der Waals surface area contributed by atoms with Crippen LogP contribution in [-0.2, 0) is 28.2 Å². The van der Waals surface area contributed by atoms with Gasteiger partial charge in [-0.3, -0.25) is 14.5 Å². The van der Waals surface area contributed by atoms with E-state index >= 15 is 0 Å². The number of aliphatic hydroxyl groups is 2. The van der Waals surface area contributed by atoms with E-state index in [0.717, 1.165) is 38.0 Å². The fraction of sp³-hybridized carbons (Fsp3) is 0.300. The zero-order valence-corrected chi connectivity index (χ0v) is 35.3. The number of nitrogens with one attached hydrogen (secondary N) is 3. The second-order valence-electron chi connectivity index (χ2n) is 15.8. The zero-order valence-electron chi connectivity index (χ0n) is 35.3. The number of carbonyl (C=O) groups is 2. The maximum absolute atomic E-state index is 13.8. The van der Waals surface area contributed by atoms with Crippen molar-refractivity contribution in [2.24, 2.45) is 5.92 Å². The van der Waals surface area contributed by atoms with E-state index in [1.54, 1.807) is 78.9 Å². The molecule has 2 atom stereocenters. The van der Waals surface area contributed by atoms with Crippen molar-refractivity contribution in [3.05, 3.63) is 171 Å². The molecular weight excluding hydrogens is 801 g/mol. The molecule has 6 aromatic rings. The smallest absolute Gasteiger partial charge is 0.347 e. The van der Waals surface area contributed by atoms with Gasteiger partial charge in [0.05, 0.1) is 31.9 Å². The number of benzene rings is 5. The highest BCUT2D eigenvalue weighted by Gasteiger charge is 2.42. The van der Waals surface area contributed by atoms with Crippen LogP contribution in [0.3, 0.4) is 0 Å². The number of pyridine rings is 1. The lowest BCUT2D eigenvalue weighted by Gasteiger charge is -2.33. The molecule has 328 valence electrons. The lowest BCUT2D eigenvalue weighted by atomic mass is 9.86. The molecule has 63 heavy (non-hydrogen) atoms. The van der Waals surface area contributed by atoms with E-state index in [1.165, 1.54) is 24.8 Å². The number of phenolic OH excluding ortho intramolecular Hbond substituents is 1. The van der Waals surface area contributed by atoms with E-state index in [1.807, 2.05) is 12.1 Å². The molecule has 0 radical (unpaired) electrons. The van der Waals surface area contributed by atoms with Crippen molar-refractivity contribution in [2.75, 3.05) is 46.5 Å². The van der Waals surface area contributed by atoms with Gasteiger partial charge in [-0.05, 0) is 91.4 Å². The maximum atomic E-state index is 13.8. The van der Waals surface area contributed by atoms with Crippen molar-refractivity contribution >= 4 is 22.8 Å². The topological polar surface area (TPSA) is 183 Å². The standard InChI is InChI=1S/C50H54N4O9/c1-61-45-28-36(16-17-37(45)30-51-31-44(56)41-18-20-43(55)47-42(41)19-21-46(57)53-47)48(58)52-24-9-27-62-40-15-8-14-39(29-40)50(60,38-12-6-3-7-13-38)49(59)63-33-35-22-25-54(26-23-35)32-34-10-4-2-5-11-34/h2-8,10-21,28-29,35,44,51,55-56,60H,9,22-27,30-33H2,1H3,(H,52,58)(H,53,57)/t44-,50-/m0/s1. The number of piperidine rings is 1. The monoisotopic (exact) mass is 854 g/mol. The fourth-order valence-corrected chi connectivity index (χ4v) is 7.94. The zero-order chi connectivity index (χ0) is 44.2. The second kappa shape index (κ2) is 21.0. The molecule has 0 spiro atoms. The number of nitrogens with zero attached hydrogens (tertiary/aromatic N) is 1. The minimum atomic E-state index is -2.05. The van der Waals surface area contributed by atoms with Crippen molar-refractivity contribution in [2.45, 2.75) is 44.1 Å². The van der Waals surface area contributed by atoms with E-state index in [0.29, 0.717) is 58.6 Å². The van der Waals surface area contributed by atoms with Crippen LogP contribution in [0.1, 0.15) is 63.5 Å². The maximum Gasteiger partial charge on any atom is 0.347 e. The van der Waals surface area contributed by atoms with Gasteiger partial charge in [-0.15, -0.1) is 0 Å². The molecule has 1 fully saturated rings. The highest BCUT2D eigenvalue weighted by Crippen LogP contribution is 2.34. The number of fused-ring (bicyclic) bond motifs is 1. The van der Waals surface area contributed by atoms with E-state index in [2.05, 4.69) is 44.8 Å². The van der Waals surface area contributed by atoms with Crippen LogP contribution in [0.2, 0.25) is 0 Å². The van der Waals surface area contributed by atoms with Crippen molar-refractivity contribution in [3.8, 4) is 17.2 Å². The van der Waals surface area contributed by atoms with Crippen LogP contribution in [0.4, 0.5) is 0 Å². The number of aliphatic hydroxyl groups excluding tert-OH is 1. The average Bonchev–Trinajstić information content (AvgIpc) is 3.31. The summed E-state index contributed by atoms with van der Waals surface area (Å²) in [5, 5.41) is 39.9. The molecule has 1 amide bonds. The van der Waals surface area contributed by atoms with E-state index < -0.39 is 17.7 Å². The van der Waals surface area contributed by atoms with E-state index in [4.69, 9.17) is 14.2 Å². The third-order valence-electron chi connectivity index (χ3n) is 11.5. The minimum absolute atomic E-state index is 0.0811. The summed E-state index contributed by atoms with van der Waals surface area (Å²) in [4.78, 5) is 43.7. The highest BCUT2D eigenvalue weighted by atomic mass is 16.6. The molecule has 0 saturated carbocycles. The van der Waals surface area contributed by atoms with Crippen LogP contribution < -0.4 is 25.7 Å². The number of H-pyrrole nitrogens is 1. The number of aromatic nitrogens is 1. The first-order valence-corrected chi connectivity index (χ1v) is 21.3. The van der Waals surface area contributed by atoms with Gasteiger partial charge in [0.25, 0.3) is 5.91 Å². The number of rotatable bonds is 19. The molecule has 0 bridgehead atoms. The normalized spacial score (nSPS) is 14.7. The summed E-state index contributed by atoms with van der Waals surface area (Å²) in [6.45, 7) is 4.04. The Balaban J connectivity index is 0.880. The lowest BCUT2D eigenvalue weighted by molar-refractivity contribution is -0.164. The first-order chi connectivity index (χ1) is 30.6. The van der Waals surface area contributed by atoms with Crippen LogP contribution >= 0.6 is 0 Å². The third kappa shape index (κ3) is 11.1. The molecule has 2 heterocycles. The summed E-state index contributed by atoms with van der Waals surface area (Å²) in [5.74, 6) is 0.0538. The first-order valence-electron chi connectivity index (χ1n) is 21.3. The number of phenols is 1. The number of methoxy groups -OCH3 is 1. The summed E-state index contributed by atoms with van der Waals surface area (Å²) in [7, 11) is 1.52. The summed E-state index contributed by atoms with van der Waals surface area (Å²) >= 11 is 0. The Bertz CT molecular complexity index is 2530. The Hall–Kier alpha value is -6.51.